The largest absolute Gasteiger partial charge is 1.00 e. The van der Waals surface area contributed by atoms with Crippen molar-refractivity contribution < 1.29 is 36.1 Å². The number of para-hydroxylation sites is 1. The number of ether oxygens (including phenoxy) is 1. The van der Waals surface area contributed by atoms with Crippen molar-refractivity contribution in [3.63, 3.8) is 0 Å². The summed E-state index contributed by atoms with van der Waals surface area (Å²) in [4.78, 5) is 23.7. The average molecular weight is 505 g/mol. The van der Waals surface area contributed by atoms with Crippen LogP contribution in [0.1, 0.15) is 18.3 Å². The van der Waals surface area contributed by atoms with E-state index in [4.69, 9.17) is 4.74 Å². The number of halogens is 2. The van der Waals surface area contributed by atoms with Crippen LogP contribution in [0.25, 0.3) is 16.8 Å². The van der Waals surface area contributed by atoms with E-state index in [0.717, 1.165) is 22.6 Å². The number of hydrogen-bond donors (Lipinski definition) is 2. The highest BCUT2D eigenvalue weighted by molar-refractivity contribution is 7.52. The lowest BCUT2D eigenvalue weighted by molar-refractivity contribution is -0.604. The molecule has 0 bridgehead atoms. The lowest BCUT2D eigenvalue weighted by Crippen LogP contribution is -3.00. The Hall–Kier alpha value is -2.73. The van der Waals surface area contributed by atoms with Gasteiger partial charge in [-0.3, -0.25) is 9.55 Å². The molecule has 0 aliphatic carbocycles. The van der Waals surface area contributed by atoms with Gasteiger partial charge >= 0.3 is 7.60 Å². The molecule has 0 saturated heterocycles. The molecule has 33 heavy (non-hydrogen) atoms. The molecule has 0 aliphatic heterocycles. The fraction of sp³-hybridized carbons (Fsp3) is 0.0833. The van der Waals surface area contributed by atoms with Crippen molar-refractivity contribution in [1.29, 1.82) is 0 Å². The fourth-order valence-corrected chi connectivity index (χ4v) is 3.81. The molecule has 2 aromatic carbocycles. The first-order valence-corrected chi connectivity index (χ1v) is 11.4. The van der Waals surface area contributed by atoms with E-state index < -0.39 is 13.3 Å². The summed E-state index contributed by atoms with van der Waals surface area (Å²) >= 11 is 0. The van der Waals surface area contributed by atoms with Gasteiger partial charge in [-0.1, -0.05) is 18.2 Å². The van der Waals surface area contributed by atoms with Crippen molar-refractivity contribution in [3.8, 4) is 28.3 Å². The molecule has 0 amide bonds. The van der Waals surface area contributed by atoms with Gasteiger partial charge in [-0.25, -0.2) is 0 Å². The van der Waals surface area contributed by atoms with Crippen LogP contribution in [0.3, 0.4) is 0 Å². The molecular formula is C24H23Cl2N2O4P. The first-order valence-electron chi connectivity index (χ1n) is 9.76. The van der Waals surface area contributed by atoms with Crippen molar-refractivity contribution in [2.24, 2.45) is 0 Å². The Morgan fingerprint density at radius 2 is 1.48 bits per heavy atom. The molecule has 0 spiro atoms. The molecule has 4 rings (SSSR count). The Labute approximate surface area is 204 Å². The van der Waals surface area contributed by atoms with Crippen molar-refractivity contribution in [2.75, 3.05) is 0 Å². The minimum absolute atomic E-state index is 0. The quantitative estimate of drug-likeness (QED) is 0.311. The number of pyridine rings is 2. The van der Waals surface area contributed by atoms with Gasteiger partial charge in [0, 0.05) is 36.7 Å². The lowest BCUT2D eigenvalue weighted by Gasteiger charge is -2.14. The van der Waals surface area contributed by atoms with E-state index in [0.29, 0.717) is 11.4 Å². The Bertz CT molecular complexity index is 1220. The van der Waals surface area contributed by atoms with Crippen LogP contribution in [0.2, 0.25) is 0 Å². The van der Waals surface area contributed by atoms with Crippen LogP contribution in [0.15, 0.2) is 97.5 Å². The summed E-state index contributed by atoms with van der Waals surface area (Å²) in [6.45, 7) is 1.54. The first-order chi connectivity index (χ1) is 14.9. The second-order valence-corrected chi connectivity index (χ2v) is 9.07. The van der Waals surface area contributed by atoms with Gasteiger partial charge < -0.3 is 26.9 Å². The summed E-state index contributed by atoms with van der Waals surface area (Å²) in [5.41, 5.74) is 2.09. The topological polar surface area (TPSA) is 83.5 Å². The minimum Gasteiger partial charge on any atom is -1.00 e. The zero-order chi connectivity index (χ0) is 21.8. The van der Waals surface area contributed by atoms with E-state index in [1.807, 2.05) is 85.1 Å². The van der Waals surface area contributed by atoms with E-state index in [1.165, 1.54) is 6.92 Å². The molecule has 4 aromatic rings. The Balaban J connectivity index is 0.00000193. The van der Waals surface area contributed by atoms with Gasteiger partial charge in [0.05, 0.1) is 0 Å². The number of hydrogen-bond acceptors (Lipinski definition) is 3. The van der Waals surface area contributed by atoms with E-state index in [9.17, 15) is 14.4 Å². The third-order valence-corrected chi connectivity index (χ3v) is 6.30. The van der Waals surface area contributed by atoms with E-state index in [-0.39, 0.29) is 24.8 Å². The third-order valence-electron chi connectivity index (χ3n) is 5.02. The normalized spacial score (nSPS) is 11.6. The molecule has 0 radical (unpaired) electrons. The number of benzene rings is 2. The van der Waals surface area contributed by atoms with Gasteiger partial charge in [0.1, 0.15) is 17.2 Å². The standard InChI is InChI=1S/C24H21N2O4P.2ClH/c1-18(31(27,28)29)24-17-20(19-11-14-25-15-12-19)13-16-26(24)21-7-9-23(10-8-21)30-22-5-3-2-4-6-22;;/h2-18H,1H3,(H-,27,28,29);2*1H. The second-order valence-electron chi connectivity index (χ2n) is 7.12. The van der Waals surface area contributed by atoms with Crippen LogP contribution in [0.4, 0.5) is 0 Å². The molecule has 2 heterocycles. The maximum atomic E-state index is 12.1. The highest BCUT2D eigenvalue weighted by Crippen LogP contribution is 2.50. The van der Waals surface area contributed by atoms with Crippen LogP contribution in [0.5, 0.6) is 11.5 Å². The molecule has 6 nitrogen and oxygen atoms in total. The number of nitrogens with zero attached hydrogens (tertiary/aromatic N) is 2. The van der Waals surface area contributed by atoms with Gasteiger partial charge in [0.25, 0.3) is 0 Å². The van der Waals surface area contributed by atoms with E-state index >= 15 is 0 Å². The number of aromatic nitrogens is 2. The van der Waals surface area contributed by atoms with E-state index in [2.05, 4.69) is 4.98 Å². The lowest BCUT2D eigenvalue weighted by atomic mass is 10.1. The molecule has 0 fully saturated rings. The molecule has 1 unspecified atom stereocenters. The summed E-state index contributed by atoms with van der Waals surface area (Å²) in [5, 5.41) is 0. The second kappa shape index (κ2) is 11.4. The van der Waals surface area contributed by atoms with Crippen LogP contribution in [-0.4, -0.2) is 14.8 Å². The molecule has 0 saturated carbocycles. The fourth-order valence-electron chi connectivity index (χ4n) is 3.27. The highest BCUT2D eigenvalue weighted by atomic mass is 35.5. The molecule has 0 aliphatic rings. The van der Waals surface area contributed by atoms with Gasteiger partial charge in [-0.2, -0.15) is 4.57 Å². The molecule has 9 heteroatoms. The summed E-state index contributed by atoms with van der Waals surface area (Å²) in [6.07, 6.45) is 5.20. The first kappa shape index (κ1) is 26.5. The minimum atomic E-state index is -4.35. The monoisotopic (exact) mass is 504 g/mol. The van der Waals surface area contributed by atoms with Crippen molar-refractivity contribution in [2.45, 2.75) is 12.6 Å². The van der Waals surface area contributed by atoms with Crippen LogP contribution >= 0.6 is 20.0 Å². The van der Waals surface area contributed by atoms with Crippen molar-refractivity contribution >= 4 is 20.0 Å². The molecule has 172 valence electrons. The molecular weight excluding hydrogens is 482 g/mol. The van der Waals surface area contributed by atoms with Crippen molar-refractivity contribution in [3.05, 3.63) is 103 Å². The summed E-state index contributed by atoms with van der Waals surface area (Å²) < 4.78 is 19.7. The molecule has 1 atom stereocenters. The van der Waals surface area contributed by atoms with Crippen LogP contribution < -0.4 is 21.7 Å². The maximum Gasteiger partial charge on any atom is 0.338 e. The summed E-state index contributed by atoms with van der Waals surface area (Å²) in [5.74, 6) is 1.41. The molecule has 2 N–H and O–H groups in total. The van der Waals surface area contributed by atoms with Crippen LogP contribution in [-0.2, 0) is 4.57 Å². The summed E-state index contributed by atoms with van der Waals surface area (Å²) in [7, 11) is -4.35. The van der Waals surface area contributed by atoms with Crippen molar-refractivity contribution in [1.82, 2.24) is 4.98 Å². The SMILES string of the molecule is CC(c1cc(-c2ccncc2)cc[n+]1-c1ccc(Oc2ccccc2)cc1)P(=O)(O)O.Cl.[Cl-]. The predicted octanol–water partition coefficient (Wildman–Crippen LogP) is 2.48. The smallest absolute Gasteiger partial charge is 0.338 e. The predicted molar refractivity (Wildman–Crippen MR) is 125 cm³/mol. The zero-order valence-electron chi connectivity index (χ0n) is 17.7. The highest BCUT2D eigenvalue weighted by Gasteiger charge is 2.34. The van der Waals surface area contributed by atoms with Gasteiger partial charge in [-0.05, 0) is 54.4 Å². The third kappa shape index (κ3) is 6.41. The van der Waals surface area contributed by atoms with Gasteiger partial charge in [-0.15, -0.1) is 12.4 Å². The maximum absolute atomic E-state index is 12.1. The van der Waals surface area contributed by atoms with Gasteiger partial charge in [0.15, 0.2) is 6.20 Å². The average Bonchev–Trinajstić information content (AvgIpc) is 2.79. The summed E-state index contributed by atoms with van der Waals surface area (Å²) in [6, 6.07) is 24.3. The van der Waals surface area contributed by atoms with Crippen LogP contribution in [0, 0.1) is 0 Å². The number of rotatable bonds is 6. The molecule has 2 aromatic heterocycles. The Morgan fingerprint density at radius 1 is 0.879 bits per heavy atom. The van der Waals surface area contributed by atoms with Gasteiger partial charge in [0.2, 0.25) is 11.4 Å². The zero-order valence-corrected chi connectivity index (χ0v) is 20.1. The van der Waals surface area contributed by atoms with E-state index in [1.54, 1.807) is 17.0 Å². The Kier molecular flexibility index (Phi) is 9.17. The Morgan fingerprint density at radius 3 is 2.09 bits per heavy atom.